The smallest absolute Gasteiger partial charge is 0.324 e. The van der Waals surface area contributed by atoms with Crippen LogP contribution < -0.4 is 10.5 Å². The Bertz CT molecular complexity index is 554. The Morgan fingerprint density at radius 1 is 1.19 bits per heavy atom. The number of rotatable bonds is 5. The fourth-order valence-corrected chi connectivity index (χ4v) is 2.95. The van der Waals surface area contributed by atoms with Gasteiger partial charge >= 0.3 is 5.51 Å². The van der Waals surface area contributed by atoms with E-state index in [1.54, 1.807) is 13.8 Å². The van der Waals surface area contributed by atoms with E-state index in [2.05, 4.69) is 4.72 Å². The highest BCUT2D eigenvalue weighted by atomic mass is 35.5. The minimum Gasteiger partial charge on any atom is -0.324 e. The minimum atomic E-state index is -4.40. The van der Waals surface area contributed by atoms with E-state index < -0.39 is 21.1 Å². The van der Waals surface area contributed by atoms with Crippen molar-refractivity contribution in [3.8, 4) is 0 Å². The number of hydrogen-bond donors (Lipinski definition) is 2. The summed E-state index contributed by atoms with van der Waals surface area (Å²) in [5, 5.41) is 0. The van der Waals surface area contributed by atoms with Gasteiger partial charge in [-0.15, -0.1) is 12.4 Å². The fourth-order valence-electron chi connectivity index (χ4n) is 1.18. The molecule has 0 heterocycles. The largest absolute Gasteiger partial charge is 0.446 e. The van der Waals surface area contributed by atoms with Gasteiger partial charge < -0.3 is 5.73 Å². The average molecular weight is 365 g/mol. The van der Waals surface area contributed by atoms with Gasteiger partial charge in [0, 0.05) is 17.0 Å². The molecule has 0 aliphatic rings. The number of sulfonamides is 1. The number of nitrogens with two attached hydrogens (primary N) is 1. The molecule has 21 heavy (non-hydrogen) atoms. The molecule has 0 saturated heterocycles. The lowest BCUT2D eigenvalue weighted by Crippen LogP contribution is -2.45. The summed E-state index contributed by atoms with van der Waals surface area (Å²) in [6.45, 7) is 3.32. The highest BCUT2D eigenvalue weighted by Gasteiger charge is 2.29. The Morgan fingerprint density at radius 2 is 1.67 bits per heavy atom. The van der Waals surface area contributed by atoms with Crippen molar-refractivity contribution in [3.05, 3.63) is 24.3 Å². The van der Waals surface area contributed by atoms with E-state index in [-0.39, 0.29) is 40.5 Å². The van der Waals surface area contributed by atoms with Crippen LogP contribution in [0.3, 0.4) is 0 Å². The molecule has 0 unspecified atom stereocenters. The third-order valence-corrected chi connectivity index (χ3v) is 4.24. The van der Waals surface area contributed by atoms with Crippen LogP contribution in [0.2, 0.25) is 0 Å². The summed E-state index contributed by atoms with van der Waals surface area (Å²) >= 11 is -0.298. The number of thioether (sulfide) groups is 1. The zero-order chi connectivity index (χ0) is 15.6. The van der Waals surface area contributed by atoms with Gasteiger partial charge in [0.1, 0.15) is 0 Å². The fraction of sp³-hybridized carbons (Fsp3) is 0.455. The molecule has 3 N–H and O–H groups in total. The first kappa shape index (κ1) is 20.5. The van der Waals surface area contributed by atoms with Crippen LogP contribution in [0, 0.1) is 0 Å². The highest BCUT2D eigenvalue weighted by molar-refractivity contribution is 8.00. The van der Waals surface area contributed by atoms with Crippen molar-refractivity contribution in [1.29, 1.82) is 0 Å². The van der Waals surface area contributed by atoms with Gasteiger partial charge in [-0.1, -0.05) is 0 Å². The van der Waals surface area contributed by atoms with Crippen molar-refractivity contribution >= 4 is 34.2 Å². The Morgan fingerprint density at radius 3 is 2.05 bits per heavy atom. The van der Waals surface area contributed by atoms with E-state index in [0.717, 1.165) is 24.3 Å². The third kappa shape index (κ3) is 7.91. The van der Waals surface area contributed by atoms with Gasteiger partial charge in [-0.3, -0.25) is 0 Å². The Kier molecular flexibility index (Phi) is 7.02. The topological polar surface area (TPSA) is 72.2 Å². The van der Waals surface area contributed by atoms with E-state index in [1.165, 1.54) is 0 Å². The molecule has 0 spiro atoms. The van der Waals surface area contributed by atoms with Crippen LogP contribution in [0.25, 0.3) is 0 Å². The van der Waals surface area contributed by atoms with Gasteiger partial charge in [0.05, 0.1) is 4.90 Å². The molecule has 0 aliphatic heterocycles. The number of hydrogen-bond acceptors (Lipinski definition) is 4. The number of halogens is 4. The van der Waals surface area contributed by atoms with Gasteiger partial charge in [0.15, 0.2) is 0 Å². The quantitative estimate of drug-likeness (QED) is 0.788. The molecule has 0 fully saturated rings. The molecule has 0 saturated carbocycles. The van der Waals surface area contributed by atoms with Gasteiger partial charge in [0.2, 0.25) is 10.0 Å². The first-order chi connectivity index (χ1) is 8.89. The molecule has 4 nitrogen and oxygen atoms in total. The molecule has 10 heteroatoms. The van der Waals surface area contributed by atoms with Crippen molar-refractivity contribution < 1.29 is 21.6 Å². The molecule has 0 aromatic heterocycles. The van der Waals surface area contributed by atoms with E-state index in [9.17, 15) is 21.6 Å². The Balaban J connectivity index is 0.00000400. The number of nitrogens with one attached hydrogen (secondary N) is 1. The molecule has 122 valence electrons. The Labute approximate surface area is 132 Å². The number of benzene rings is 1. The maximum Gasteiger partial charge on any atom is 0.446 e. The summed E-state index contributed by atoms with van der Waals surface area (Å²) < 4.78 is 62.5. The second-order valence-electron chi connectivity index (χ2n) is 4.83. The summed E-state index contributed by atoms with van der Waals surface area (Å²) in [6.07, 6.45) is 0. The van der Waals surface area contributed by atoms with Gasteiger partial charge in [-0.25, -0.2) is 13.1 Å². The zero-order valence-electron chi connectivity index (χ0n) is 11.3. The second kappa shape index (κ2) is 7.19. The van der Waals surface area contributed by atoms with Crippen LogP contribution in [0.1, 0.15) is 13.8 Å². The van der Waals surface area contributed by atoms with E-state index in [1.807, 2.05) is 0 Å². The van der Waals surface area contributed by atoms with Gasteiger partial charge in [-0.2, -0.15) is 13.2 Å². The first-order valence-corrected chi connectivity index (χ1v) is 7.83. The molecule has 0 atom stereocenters. The molecule has 1 rings (SSSR count). The van der Waals surface area contributed by atoms with E-state index >= 15 is 0 Å². The molecule has 1 aromatic carbocycles. The molecule has 0 amide bonds. The summed E-state index contributed by atoms with van der Waals surface area (Å²) in [6, 6.07) is 4.47. The van der Waals surface area contributed by atoms with Gasteiger partial charge in [-0.05, 0) is 49.9 Å². The van der Waals surface area contributed by atoms with Gasteiger partial charge in [0.25, 0.3) is 0 Å². The molecule has 0 bridgehead atoms. The molecule has 0 aliphatic carbocycles. The van der Waals surface area contributed by atoms with Crippen LogP contribution in [-0.2, 0) is 10.0 Å². The summed E-state index contributed by atoms with van der Waals surface area (Å²) in [4.78, 5) is -0.177. The van der Waals surface area contributed by atoms with Crippen LogP contribution in [0.4, 0.5) is 13.2 Å². The predicted molar refractivity (Wildman–Crippen MR) is 79.1 cm³/mol. The minimum absolute atomic E-state index is 0. The van der Waals surface area contributed by atoms with E-state index in [0.29, 0.717) is 0 Å². The molecule has 1 aromatic rings. The summed E-state index contributed by atoms with van der Waals surface area (Å²) in [7, 11) is -3.77. The lowest BCUT2D eigenvalue weighted by atomic mass is 10.1. The first-order valence-electron chi connectivity index (χ1n) is 5.53. The standard InChI is InChI=1S/C11H15F3N2O2S2.ClH/c1-10(2,15)7-16-20(17,18)9-5-3-8(4-6-9)19-11(12,13)14;/h3-6,16H,7,15H2,1-2H3;1H. The molecular weight excluding hydrogens is 349 g/mol. The second-order valence-corrected chi connectivity index (χ2v) is 7.74. The predicted octanol–water partition coefficient (Wildman–Crippen LogP) is 2.74. The lowest BCUT2D eigenvalue weighted by Gasteiger charge is -2.19. The lowest BCUT2D eigenvalue weighted by molar-refractivity contribution is -0.0328. The van der Waals surface area contributed by atoms with E-state index in [4.69, 9.17) is 5.73 Å². The van der Waals surface area contributed by atoms with Crippen LogP contribution >= 0.6 is 24.2 Å². The van der Waals surface area contributed by atoms with Crippen LogP contribution in [0.5, 0.6) is 0 Å². The maximum absolute atomic E-state index is 12.1. The summed E-state index contributed by atoms with van der Waals surface area (Å²) in [5.74, 6) is 0. The zero-order valence-corrected chi connectivity index (χ0v) is 13.7. The average Bonchev–Trinajstić information content (AvgIpc) is 2.24. The molecular formula is C11H16ClF3N2O2S2. The third-order valence-electron chi connectivity index (χ3n) is 2.09. The van der Waals surface area contributed by atoms with Crippen molar-refractivity contribution in [1.82, 2.24) is 4.72 Å². The van der Waals surface area contributed by atoms with Crippen LogP contribution in [-0.4, -0.2) is 26.0 Å². The Hall–Kier alpha value is -0.480. The molecule has 0 radical (unpaired) electrons. The summed E-state index contributed by atoms with van der Waals surface area (Å²) in [5.41, 5.74) is 0.535. The van der Waals surface area contributed by atoms with Crippen molar-refractivity contribution in [3.63, 3.8) is 0 Å². The monoisotopic (exact) mass is 364 g/mol. The normalized spacial score (nSPS) is 12.9. The van der Waals surface area contributed by atoms with Crippen molar-refractivity contribution in [2.24, 2.45) is 5.73 Å². The number of alkyl halides is 3. The highest BCUT2D eigenvalue weighted by Crippen LogP contribution is 2.36. The van der Waals surface area contributed by atoms with Crippen molar-refractivity contribution in [2.75, 3.05) is 6.54 Å². The van der Waals surface area contributed by atoms with Crippen molar-refractivity contribution in [2.45, 2.75) is 34.7 Å². The van der Waals surface area contributed by atoms with Crippen LogP contribution in [0.15, 0.2) is 34.1 Å². The maximum atomic E-state index is 12.1. The SMILES string of the molecule is CC(C)(N)CNS(=O)(=O)c1ccc(SC(F)(F)F)cc1.Cl.